The number of anilines is 1. The summed E-state index contributed by atoms with van der Waals surface area (Å²) >= 11 is 5.95. The van der Waals surface area contributed by atoms with Crippen molar-refractivity contribution in [3.8, 4) is 6.07 Å². The van der Waals surface area contributed by atoms with Gasteiger partial charge in [0.2, 0.25) is 0 Å². The lowest BCUT2D eigenvalue weighted by Gasteiger charge is -2.15. The monoisotopic (exact) mass is 300 g/mol. The number of nitrogens with one attached hydrogen (secondary N) is 1. The standard InChI is InChI=1S/C16H13ClN2O2/c17-15-8-13(7-6-12(15)9-18)19-10-14(16(20)21)11-4-2-1-3-5-11/h1-8,14,19H,10H2,(H,20,21). The predicted molar refractivity (Wildman–Crippen MR) is 81.5 cm³/mol. The molecule has 0 spiro atoms. The highest BCUT2D eigenvalue weighted by molar-refractivity contribution is 6.32. The molecule has 0 fully saturated rings. The quantitative estimate of drug-likeness (QED) is 0.886. The number of hydrogen-bond acceptors (Lipinski definition) is 3. The van der Waals surface area contributed by atoms with E-state index in [1.165, 1.54) is 0 Å². The zero-order chi connectivity index (χ0) is 15.2. The average molecular weight is 301 g/mol. The minimum atomic E-state index is -0.895. The Labute approximate surface area is 127 Å². The number of aliphatic carboxylic acids is 1. The first-order valence-corrected chi connectivity index (χ1v) is 6.71. The largest absolute Gasteiger partial charge is 0.481 e. The van der Waals surface area contributed by atoms with Gasteiger partial charge < -0.3 is 10.4 Å². The van der Waals surface area contributed by atoms with E-state index in [-0.39, 0.29) is 6.54 Å². The molecule has 0 aliphatic heterocycles. The Morgan fingerprint density at radius 2 is 2.00 bits per heavy atom. The van der Waals surface area contributed by atoms with Crippen LogP contribution in [0.3, 0.4) is 0 Å². The molecule has 2 aromatic carbocycles. The van der Waals surface area contributed by atoms with Crippen molar-refractivity contribution >= 4 is 23.3 Å². The number of nitrogens with zero attached hydrogens (tertiary/aromatic N) is 1. The molecule has 0 radical (unpaired) electrons. The van der Waals surface area contributed by atoms with Crippen LogP contribution in [0.15, 0.2) is 48.5 Å². The summed E-state index contributed by atoms with van der Waals surface area (Å²) < 4.78 is 0. The fraction of sp³-hybridized carbons (Fsp3) is 0.125. The molecular weight excluding hydrogens is 288 g/mol. The maximum Gasteiger partial charge on any atom is 0.312 e. The third-order valence-corrected chi connectivity index (χ3v) is 3.41. The van der Waals surface area contributed by atoms with Crippen LogP contribution < -0.4 is 5.32 Å². The normalized spacial score (nSPS) is 11.4. The third-order valence-electron chi connectivity index (χ3n) is 3.10. The summed E-state index contributed by atoms with van der Waals surface area (Å²) in [6.45, 7) is 0.238. The number of carboxylic acids is 1. The van der Waals surface area contributed by atoms with Crippen LogP contribution in [0.2, 0.25) is 5.02 Å². The Hall–Kier alpha value is -2.51. The number of benzene rings is 2. The van der Waals surface area contributed by atoms with Crippen LogP contribution in [-0.4, -0.2) is 17.6 Å². The molecule has 0 amide bonds. The second-order valence-electron chi connectivity index (χ2n) is 4.49. The molecule has 0 saturated heterocycles. The van der Waals surface area contributed by atoms with E-state index in [0.717, 1.165) is 5.56 Å². The van der Waals surface area contributed by atoms with Gasteiger partial charge in [-0.2, -0.15) is 5.26 Å². The lowest BCUT2D eigenvalue weighted by molar-refractivity contribution is -0.138. The van der Waals surface area contributed by atoms with Gasteiger partial charge in [-0.15, -0.1) is 0 Å². The molecule has 106 valence electrons. The Morgan fingerprint density at radius 1 is 1.29 bits per heavy atom. The second-order valence-corrected chi connectivity index (χ2v) is 4.90. The summed E-state index contributed by atoms with van der Waals surface area (Å²) in [5, 5.41) is 21.5. The van der Waals surface area contributed by atoms with Crippen molar-refractivity contribution < 1.29 is 9.90 Å². The topological polar surface area (TPSA) is 73.1 Å². The minimum absolute atomic E-state index is 0.238. The zero-order valence-electron chi connectivity index (χ0n) is 11.1. The van der Waals surface area contributed by atoms with E-state index in [4.69, 9.17) is 16.9 Å². The molecule has 0 heterocycles. The van der Waals surface area contributed by atoms with Gasteiger partial charge in [-0.3, -0.25) is 4.79 Å². The number of carboxylic acid groups (broad SMARTS) is 1. The molecule has 4 nitrogen and oxygen atoms in total. The smallest absolute Gasteiger partial charge is 0.312 e. The SMILES string of the molecule is N#Cc1ccc(NCC(C(=O)O)c2ccccc2)cc1Cl. The molecule has 0 aromatic heterocycles. The molecule has 0 saturated carbocycles. The maximum absolute atomic E-state index is 11.4. The molecule has 5 heteroatoms. The fourth-order valence-electron chi connectivity index (χ4n) is 1.97. The highest BCUT2D eigenvalue weighted by atomic mass is 35.5. The minimum Gasteiger partial charge on any atom is -0.481 e. The second kappa shape index (κ2) is 6.78. The van der Waals surface area contributed by atoms with Crippen molar-refractivity contribution in [1.82, 2.24) is 0 Å². The number of nitriles is 1. The molecule has 0 bridgehead atoms. The lowest BCUT2D eigenvalue weighted by atomic mass is 9.99. The van der Waals surface area contributed by atoms with Crippen LogP contribution in [-0.2, 0) is 4.79 Å². The van der Waals surface area contributed by atoms with Crippen molar-refractivity contribution in [2.75, 3.05) is 11.9 Å². The van der Waals surface area contributed by atoms with Gasteiger partial charge >= 0.3 is 5.97 Å². The summed E-state index contributed by atoms with van der Waals surface area (Å²) in [7, 11) is 0. The highest BCUT2D eigenvalue weighted by Crippen LogP contribution is 2.22. The first kappa shape index (κ1) is 14.9. The number of halogens is 1. The van der Waals surface area contributed by atoms with Crippen molar-refractivity contribution in [2.45, 2.75) is 5.92 Å². The van der Waals surface area contributed by atoms with Crippen LogP contribution >= 0.6 is 11.6 Å². The number of rotatable bonds is 5. The molecular formula is C16H13ClN2O2. The van der Waals surface area contributed by atoms with Crippen LogP contribution in [0, 0.1) is 11.3 Å². The zero-order valence-corrected chi connectivity index (χ0v) is 11.8. The van der Waals surface area contributed by atoms with Gasteiger partial charge in [-0.05, 0) is 23.8 Å². The Morgan fingerprint density at radius 3 is 2.57 bits per heavy atom. The van der Waals surface area contributed by atoms with Crippen LogP contribution in [0.4, 0.5) is 5.69 Å². The lowest BCUT2D eigenvalue weighted by Crippen LogP contribution is -2.20. The molecule has 0 aliphatic carbocycles. The first-order chi connectivity index (χ1) is 10.1. The van der Waals surface area contributed by atoms with Crippen molar-refractivity contribution in [3.05, 3.63) is 64.7 Å². The van der Waals surface area contributed by atoms with Crippen molar-refractivity contribution in [1.29, 1.82) is 5.26 Å². The molecule has 1 unspecified atom stereocenters. The Kier molecular flexibility index (Phi) is 4.81. The average Bonchev–Trinajstić information content (AvgIpc) is 2.48. The van der Waals surface area contributed by atoms with E-state index in [1.54, 1.807) is 30.3 Å². The van der Waals surface area contributed by atoms with Gasteiger partial charge in [0, 0.05) is 12.2 Å². The van der Waals surface area contributed by atoms with E-state index in [0.29, 0.717) is 16.3 Å². The first-order valence-electron chi connectivity index (χ1n) is 6.33. The summed E-state index contributed by atoms with van der Waals surface area (Å²) in [6.07, 6.45) is 0. The van der Waals surface area contributed by atoms with Gasteiger partial charge in [0.25, 0.3) is 0 Å². The van der Waals surface area contributed by atoms with E-state index in [2.05, 4.69) is 5.32 Å². The van der Waals surface area contributed by atoms with E-state index in [9.17, 15) is 9.90 Å². The number of hydrogen-bond donors (Lipinski definition) is 2. The van der Waals surface area contributed by atoms with Crippen LogP contribution in [0.25, 0.3) is 0 Å². The Balaban J connectivity index is 2.11. The Bertz CT molecular complexity index is 680. The molecule has 2 N–H and O–H groups in total. The van der Waals surface area contributed by atoms with E-state index < -0.39 is 11.9 Å². The van der Waals surface area contributed by atoms with Gasteiger partial charge in [0.05, 0.1) is 16.5 Å². The summed E-state index contributed by atoms with van der Waals surface area (Å²) in [5.74, 6) is -1.55. The van der Waals surface area contributed by atoms with E-state index >= 15 is 0 Å². The summed E-state index contributed by atoms with van der Waals surface area (Å²) in [6, 6.07) is 15.9. The predicted octanol–water partition coefficient (Wildman–Crippen LogP) is 3.49. The fourth-order valence-corrected chi connectivity index (χ4v) is 2.19. The highest BCUT2D eigenvalue weighted by Gasteiger charge is 2.19. The third kappa shape index (κ3) is 3.74. The van der Waals surface area contributed by atoms with Gasteiger partial charge in [0.15, 0.2) is 0 Å². The van der Waals surface area contributed by atoms with Crippen molar-refractivity contribution in [2.24, 2.45) is 0 Å². The summed E-state index contributed by atoms with van der Waals surface area (Å²) in [4.78, 5) is 11.4. The van der Waals surface area contributed by atoms with Crippen molar-refractivity contribution in [3.63, 3.8) is 0 Å². The molecule has 0 aliphatic rings. The molecule has 2 rings (SSSR count). The van der Waals surface area contributed by atoms with Gasteiger partial charge in [-0.1, -0.05) is 41.9 Å². The number of carbonyl (C=O) groups is 1. The molecule has 21 heavy (non-hydrogen) atoms. The molecule has 1 atom stereocenters. The summed E-state index contributed by atoms with van der Waals surface area (Å²) in [5.41, 5.74) is 1.80. The van der Waals surface area contributed by atoms with E-state index in [1.807, 2.05) is 24.3 Å². The molecule has 2 aromatic rings. The maximum atomic E-state index is 11.4. The van der Waals surface area contributed by atoms with Crippen LogP contribution in [0.1, 0.15) is 17.0 Å². The van der Waals surface area contributed by atoms with Gasteiger partial charge in [0.1, 0.15) is 6.07 Å². The van der Waals surface area contributed by atoms with Gasteiger partial charge in [-0.25, -0.2) is 0 Å². The van der Waals surface area contributed by atoms with Crippen LogP contribution in [0.5, 0.6) is 0 Å².